The predicted octanol–water partition coefficient (Wildman–Crippen LogP) is 2.59. The molecule has 0 bridgehead atoms. The smallest absolute Gasteiger partial charge is 0.242 e. The third-order valence-electron chi connectivity index (χ3n) is 3.98. The summed E-state index contributed by atoms with van der Waals surface area (Å²) in [6.45, 7) is 0.762. The Morgan fingerprint density at radius 3 is 2.38 bits per heavy atom. The van der Waals surface area contributed by atoms with E-state index in [9.17, 15) is 17.6 Å². The summed E-state index contributed by atoms with van der Waals surface area (Å²) in [6.07, 6.45) is 1.41. The third-order valence-corrected chi connectivity index (χ3v) is 5.85. The topological polar surface area (TPSA) is 66.5 Å². The lowest BCUT2D eigenvalue weighted by Gasteiger charge is -2.17. The number of sulfonamides is 1. The van der Waals surface area contributed by atoms with Gasteiger partial charge in [-0.2, -0.15) is 0 Å². The Labute approximate surface area is 153 Å². The maximum atomic E-state index is 12.9. The molecule has 0 fully saturated rings. The van der Waals surface area contributed by atoms with E-state index >= 15 is 0 Å². The Kier molecular flexibility index (Phi) is 7.29. The fraction of sp³-hybridized carbons (Fsp3) is 0.316. The van der Waals surface area contributed by atoms with Crippen LogP contribution in [-0.2, 0) is 21.2 Å². The number of nitrogens with zero attached hydrogens (tertiary/aromatic N) is 1. The minimum atomic E-state index is -3.67. The summed E-state index contributed by atoms with van der Waals surface area (Å²) in [4.78, 5) is 11.9. The highest BCUT2D eigenvalue weighted by molar-refractivity contribution is 7.89. The molecule has 0 aliphatic carbocycles. The van der Waals surface area contributed by atoms with Crippen molar-refractivity contribution in [1.82, 2.24) is 9.62 Å². The largest absolute Gasteiger partial charge is 0.356 e. The third kappa shape index (κ3) is 5.93. The summed E-state index contributed by atoms with van der Waals surface area (Å²) >= 11 is 0. The Morgan fingerprint density at radius 1 is 1.08 bits per heavy atom. The van der Waals surface area contributed by atoms with Crippen molar-refractivity contribution in [2.24, 2.45) is 0 Å². The van der Waals surface area contributed by atoms with Crippen LogP contribution in [0.3, 0.4) is 0 Å². The van der Waals surface area contributed by atoms with E-state index in [1.165, 1.54) is 23.5 Å². The first kappa shape index (κ1) is 20.1. The predicted molar refractivity (Wildman–Crippen MR) is 98.6 cm³/mol. The maximum absolute atomic E-state index is 12.9. The van der Waals surface area contributed by atoms with Crippen molar-refractivity contribution in [2.75, 3.05) is 20.1 Å². The molecule has 0 aliphatic rings. The van der Waals surface area contributed by atoms with Crippen LogP contribution < -0.4 is 5.32 Å². The Morgan fingerprint density at radius 2 is 1.73 bits per heavy atom. The Balaban J connectivity index is 1.72. The van der Waals surface area contributed by atoms with Gasteiger partial charge < -0.3 is 5.32 Å². The molecule has 0 heterocycles. The van der Waals surface area contributed by atoms with Crippen molar-refractivity contribution < 1.29 is 17.6 Å². The first-order chi connectivity index (χ1) is 12.4. The summed E-state index contributed by atoms with van der Waals surface area (Å²) in [5.41, 5.74) is 1.15. The number of rotatable bonds is 9. The molecular weight excluding hydrogens is 355 g/mol. The van der Waals surface area contributed by atoms with Gasteiger partial charge in [0, 0.05) is 26.6 Å². The molecular formula is C19H23FN2O3S. The average molecular weight is 378 g/mol. The normalized spacial score (nSPS) is 11.5. The minimum Gasteiger partial charge on any atom is -0.356 e. The summed E-state index contributed by atoms with van der Waals surface area (Å²) in [7, 11) is -2.22. The van der Waals surface area contributed by atoms with Gasteiger partial charge in [0.15, 0.2) is 0 Å². The molecule has 0 radical (unpaired) electrons. The van der Waals surface area contributed by atoms with Crippen molar-refractivity contribution in [3.63, 3.8) is 0 Å². The molecule has 0 unspecified atom stereocenters. The van der Waals surface area contributed by atoms with Gasteiger partial charge in [-0.1, -0.05) is 30.3 Å². The standard InChI is InChI=1S/C19H23FN2O3S/c1-22(26(24,25)18-11-9-17(20)10-12-18)15-5-8-19(23)21-14-13-16-6-3-2-4-7-16/h2-4,6-7,9-12H,5,8,13-15H2,1H3,(H,21,23). The summed E-state index contributed by atoms with van der Waals surface area (Å²) in [6, 6.07) is 14.5. The van der Waals surface area contributed by atoms with Crippen molar-refractivity contribution >= 4 is 15.9 Å². The summed E-state index contributed by atoms with van der Waals surface area (Å²) in [5, 5.41) is 2.83. The van der Waals surface area contributed by atoms with Gasteiger partial charge in [0.2, 0.25) is 15.9 Å². The molecule has 0 spiro atoms. The summed E-state index contributed by atoms with van der Waals surface area (Å²) in [5.74, 6) is -0.590. The molecule has 5 nitrogen and oxygen atoms in total. The van der Waals surface area contributed by atoms with E-state index in [0.29, 0.717) is 13.0 Å². The van der Waals surface area contributed by atoms with Crippen molar-refractivity contribution in [3.05, 3.63) is 66.0 Å². The fourth-order valence-electron chi connectivity index (χ4n) is 2.45. The number of benzene rings is 2. The molecule has 2 rings (SSSR count). The van der Waals surface area contributed by atoms with E-state index in [-0.39, 0.29) is 23.8 Å². The first-order valence-corrected chi connectivity index (χ1v) is 9.86. The van der Waals surface area contributed by atoms with Crippen LogP contribution in [0.1, 0.15) is 18.4 Å². The quantitative estimate of drug-likeness (QED) is 0.729. The molecule has 1 N–H and O–H groups in total. The van der Waals surface area contributed by atoms with Crippen LogP contribution in [-0.4, -0.2) is 38.8 Å². The van der Waals surface area contributed by atoms with Crippen LogP contribution in [0.4, 0.5) is 4.39 Å². The lowest BCUT2D eigenvalue weighted by Crippen LogP contribution is -2.30. The second-order valence-electron chi connectivity index (χ2n) is 5.97. The molecule has 140 valence electrons. The van der Waals surface area contributed by atoms with Crippen LogP contribution in [0.5, 0.6) is 0 Å². The zero-order valence-electron chi connectivity index (χ0n) is 14.7. The lowest BCUT2D eigenvalue weighted by molar-refractivity contribution is -0.121. The van der Waals surface area contributed by atoms with E-state index in [4.69, 9.17) is 0 Å². The highest BCUT2D eigenvalue weighted by Crippen LogP contribution is 2.15. The molecule has 26 heavy (non-hydrogen) atoms. The second kappa shape index (κ2) is 9.45. The Bertz CT molecular complexity index is 808. The molecule has 1 amide bonds. The number of carbonyl (C=O) groups is 1. The molecule has 0 aromatic heterocycles. The number of hydrogen-bond donors (Lipinski definition) is 1. The van der Waals surface area contributed by atoms with Gasteiger partial charge >= 0.3 is 0 Å². The van der Waals surface area contributed by atoms with Gasteiger partial charge in [0.1, 0.15) is 5.82 Å². The zero-order chi connectivity index (χ0) is 19.0. The minimum absolute atomic E-state index is 0.0358. The van der Waals surface area contributed by atoms with E-state index in [0.717, 1.165) is 24.1 Å². The molecule has 0 saturated heterocycles. The molecule has 2 aromatic carbocycles. The van der Waals surface area contributed by atoms with Crippen LogP contribution in [0.15, 0.2) is 59.5 Å². The lowest BCUT2D eigenvalue weighted by atomic mass is 10.1. The van der Waals surface area contributed by atoms with E-state index in [1.54, 1.807) is 0 Å². The maximum Gasteiger partial charge on any atom is 0.242 e. The fourth-order valence-corrected chi connectivity index (χ4v) is 3.66. The molecule has 2 aromatic rings. The molecule has 0 saturated carbocycles. The van der Waals surface area contributed by atoms with Gasteiger partial charge in [-0.3, -0.25) is 4.79 Å². The number of carbonyl (C=O) groups excluding carboxylic acids is 1. The van der Waals surface area contributed by atoms with Gasteiger partial charge in [-0.05, 0) is 42.7 Å². The molecule has 7 heteroatoms. The monoisotopic (exact) mass is 378 g/mol. The van der Waals surface area contributed by atoms with Crippen LogP contribution in [0.25, 0.3) is 0 Å². The summed E-state index contributed by atoms with van der Waals surface area (Å²) < 4.78 is 38.8. The van der Waals surface area contributed by atoms with Crippen LogP contribution in [0, 0.1) is 5.82 Å². The SMILES string of the molecule is CN(CCCC(=O)NCCc1ccccc1)S(=O)(=O)c1ccc(F)cc1. The number of hydrogen-bond acceptors (Lipinski definition) is 3. The molecule has 0 aliphatic heterocycles. The highest BCUT2D eigenvalue weighted by atomic mass is 32.2. The zero-order valence-corrected chi connectivity index (χ0v) is 15.5. The van der Waals surface area contributed by atoms with Gasteiger partial charge in [0.25, 0.3) is 0 Å². The number of nitrogens with one attached hydrogen (secondary N) is 1. The van der Waals surface area contributed by atoms with Crippen molar-refractivity contribution in [3.8, 4) is 0 Å². The van der Waals surface area contributed by atoms with E-state index in [1.807, 2.05) is 30.3 Å². The van der Waals surface area contributed by atoms with Gasteiger partial charge in [-0.15, -0.1) is 0 Å². The first-order valence-electron chi connectivity index (χ1n) is 8.42. The van der Waals surface area contributed by atoms with Gasteiger partial charge in [-0.25, -0.2) is 17.1 Å². The van der Waals surface area contributed by atoms with E-state index < -0.39 is 15.8 Å². The number of amides is 1. The van der Waals surface area contributed by atoms with Crippen LogP contribution in [0.2, 0.25) is 0 Å². The second-order valence-corrected chi connectivity index (χ2v) is 8.01. The van der Waals surface area contributed by atoms with Crippen molar-refractivity contribution in [2.45, 2.75) is 24.2 Å². The van der Waals surface area contributed by atoms with Crippen LogP contribution >= 0.6 is 0 Å². The highest BCUT2D eigenvalue weighted by Gasteiger charge is 2.20. The van der Waals surface area contributed by atoms with Crippen molar-refractivity contribution in [1.29, 1.82) is 0 Å². The Hall–Kier alpha value is -2.25. The average Bonchev–Trinajstić information content (AvgIpc) is 2.63. The van der Waals surface area contributed by atoms with Gasteiger partial charge in [0.05, 0.1) is 4.90 Å². The molecule has 0 atom stereocenters. The number of halogens is 1. The van der Waals surface area contributed by atoms with E-state index in [2.05, 4.69) is 5.32 Å².